The van der Waals surface area contributed by atoms with Gasteiger partial charge in [-0.25, -0.2) is 12.7 Å². The number of carbonyl (C=O) groups is 1. The van der Waals surface area contributed by atoms with Crippen LogP contribution < -0.4 is 5.32 Å². The molecule has 1 aromatic rings. The van der Waals surface area contributed by atoms with Crippen LogP contribution in [0.25, 0.3) is 0 Å². The molecule has 132 valence electrons. The monoisotopic (exact) mass is 362 g/mol. The SMILES string of the molecule is CC(C)CCO[C@@H](C)C(=O)NCc1ccc(S(=O)(=O)N(C)C)s1. The van der Waals surface area contributed by atoms with Gasteiger partial charge in [0.15, 0.2) is 0 Å². The first-order chi connectivity index (χ1) is 10.6. The maximum absolute atomic E-state index is 12.0. The number of amides is 1. The summed E-state index contributed by atoms with van der Waals surface area (Å²) in [6.45, 7) is 6.77. The molecular formula is C15H26N2O4S2. The predicted molar refractivity (Wildman–Crippen MR) is 91.9 cm³/mol. The maximum Gasteiger partial charge on any atom is 0.252 e. The summed E-state index contributed by atoms with van der Waals surface area (Å²) in [4.78, 5) is 12.7. The van der Waals surface area contributed by atoms with E-state index in [1.54, 1.807) is 19.1 Å². The molecule has 8 heteroatoms. The zero-order chi connectivity index (χ0) is 17.6. The van der Waals surface area contributed by atoms with E-state index in [0.717, 1.165) is 22.6 Å². The van der Waals surface area contributed by atoms with Gasteiger partial charge in [-0.2, -0.15) is 0 Å². The number of nitrogens with zero attached hydrogens (tertiary/aromatic N) is 1. The lowest BCUT2D eigenvalue weighted by Gasteiger charge is -2.13. The van der Waals surface area contributed by atoms with Crippen molar-refractivity contribution in [2.24, 2.45) is 5.92 Å². The molecule has 0 saturated carbocycles. The molecule has 1 aromatic heterocycles. The molecule has 0 spiro atoms. The van der Waals surface area contributed by atoms with Gasteiger partial charge < -0.3 is 10.1 Å². The largest absolute Gasteiger partial charge is 0.369 e. The number of nitrogens with one attached hydrogen (secondary N) is 1. The minimum Gasteiger partial charge on any atom is -0.369 e. The molecule has 6 nitrogen and oxygen atoms in total. The lowest BCUT2D eigenvalue weighted by molar-refractivity contribution is -0.132. The molecule has 0 aliphatic carbocycles. The van der Waals surface area contributed by atoms with Crippen LogP contribution in [0.1, 0.15) is 32.1 Å². The molecule has 0 aromatic carbocycles. The Labute approximate surface area is 142 Å². The van der Waals surface area contributed by atoms with Crippen LogP contribution in [0.15, 0.2) is 16.3 Å². The molecule has 0 aliphatic heterocycles. The van der Waals surface area contributed by atoms with E-state index >= 15 is 0 Å². The normalized spacial score (nSPS) is 13.5. The molecule has 1 amide bonds. The van der Waals surface area contributed by atoms with Crippen LogP contribution in [0.3, 0.4) is 0 Å². The minimum absolute atomic E-state index is 0.195. The van der Waals surface area contributed by atoms with E-state index in [9.17, 15) is 13.2 Å². The van der Waals surface area contributed by atoms with Crippen molar-refractivity contribution in [3.05, 3.63) is 17.0 Å². The lowest BCUT2D eigenvalue weighted by Crippen LogP contribution is -2.34. The van der Waals surface area contributed by atoms with E-state index in [4.69, 9.17) is 4.74 Å². The highest BCUT2D eigenvalue weighted by molar-refractivity contribution is 7.91. The zero-order valence-corrected chi connectivity index (χ0v) is 16.0. The lowest BCUT2D eigenvalue weighted by atomic mass is 10.1. The molecular weight excluding hydrogens is 336 g/mol. The Kier molecular flexibility index (Phi) is 7.66. The third-order valence-electron chi connectivity index (χ3n) is 3.24. The quantitative estimate of drug-likeness (QED) is 0.730. The maximum atomic E-state index is 12.0. The molecule has 0 unspecified atom stereocenters. The Balaban J connectivity index is 2.49. The number of thiophene rings is 1. The smallest absolute Gasteiger partial charge is 0.252 e. The second kappa shape index (κ2) is 8.77. The third kappa shape index (κ3) is 6.21. The Bertz CT molecular complexity index is 609. The Hall–Kier alpha value is -0.960. The Morgan fingerprint density at radius 2 is 1.96 bits per heavy atom. The van der Waals surface area contributed by atoms with Crippen LogP contribution >= 0.6 is 11.3 Å². The van der Waals surface area contributed by atoms with E-state index in [0.29, 0.717) is 19.1 Å². The van der Waals surface area contributed by atoms with Crippen molar-refractivity contribution in [2.75, 3.05) is 20.7 Å². The average Bonchev–Trinajstić information content (AvgIpc) is 2.93. The molecule has 0 fully saturated rings. The summed E-state index contributed by atoms with van der Waals surface area (Å²) in [5.74, 6) is 0.340. The highest BCUT2D eigenvalue weighted by Gasteiger charge is 2.20. The third-order valence-corrected chi connectivity index (χ3v) is 6.61. The standard InChI is InChI=1S/C15H26N2O4S2/c1-11(2)8-9-21-12(3)15(18)16-10-13-6-7-14(22-13)23(19,20)17(4)5/h6-7,11-12H,8-10H2,1-5H3,(H,16,18)/t12-/m0/s1. The van der Waals surface area contributed by atoms with Crippen molar-refractivity contribution >= 4 is 27.3 Å². The topological polar surface area (TPSA) is 75.7 Å². The van der Waals surface area contributed by atoms with Crippen molar-refractivity contribution in [1.29, 1.82) is 0 Å². The number of hydrogen-bond donors (Lipinski definition) is 1. The highest BCUT2D eigenvalue weighted by atomic mass is 32.2. The highest BCUT2D eigenvalue weighted by Crippen LogP contribution is 2.23. The van der Waals surface area contributed by atoms with Gasteiger partial charge in [-0.1, -0.05) is 13.8 Å². The Morgan fingerprint density at radius 3 is 2.52 bits per heavy atom. The fourth-order valence-electron chi connectivity index (χ4n) is 1.65. The first-order valence-electron chi connectivity index (χ1n) is 7.55. The van der Waals surface area contributed by atoms with Crippen LogP contribution in [0.5, 0.6) is 0 Å². The summed E-state index contributed by atoms with van der Waals surface area (Å²) in [5, 5.41) is 2.77. The fourth-order valence-corrected chi connectivity index (χ4v) is 4.11. The van der Waals surface area contributed by atoms with E-state index in [-0.39, 0.29) is 10.1 Å². The number of rotatable bonds is 9. The van der Waals surface area contributed by atoms with Crippen LogP contribution in [-0.2, 0) is 26.1 Å². The molecule has 0 bridgehead atoms. The molecule has 1 rings (SSSR count). The number of hydrogen-bond acceptors (Lipinski definition) is 5. The summed E-state index contributed by atoms with van der Waals surface area (Å²) in [6.07, 6.45) is 0.396. The van der Waals surface area contributed by atoms with Gasteiger partial charge in [0, 0.05) is 25.6 Å². The molecule has 1 heterocycles. The Morgan fingerprint density at radius 1 is 1.30 bits per heavy atom. The van der Waals surface area contributed by atoms with Crippen molar-refractivity contribution in [2.45, 2.75) is 44.0 Å². The van der Waals surface area contributed by atoms with Gasteiger partial charge in [0.2, 0.25) is 5.91 Å². The van der Waals surface area contributed by atoms with Gasteiger partial charge in [-0.15, -0.1) is 11.3 Å². The number of sulfonamides is 1. The van der Waals surface area contributed by atoms with E-state index in [2.05, 4.69) is 19.2 Å². The van der Waals surface area contributed by atoms with E-state index in [1.807, 2.05) is 0 Å². The van der Waals surface area contributed by atoms with Gasteiger partial charge >= 0.3 is 0 Å². The van der Waals surface area contributed by atoms with Crippen LogP contribution in [-0.4, -0.2) is 45.4 Å². The molecule has 1 N–H and O–H groups in total. The van der Waals surface area contributed by atoms with Gasteiger partial charge in [0.1, 0.15) is 10.3 Å². The van der Waals surface area contributed by atoms with Crippen molar-refractivity contribution < 1.29 is 17.9 Å². The molecule has 23 heavy (non-hydrogen) atoms. The van der Waals surface area contributed by atoms with E-state index < -0.39 is 16.1 Å². The molecule has 0 saturated heterocycles. The second-order valence-corrected chi connectivity index (χ2v) is 9.47. The van der Waals surface area contributed by atoms with Gasteiger partial charge in [0.05, 0.1) is 6.54 Å². The van der Waals surface area contributed by atoms with Crippen LogP contribution in [0, 0.1) is 5.92 Å². The average molecular weight is 363 g/mol. The van der Waals surface area contributed by atoms with E-state index in [1.165, 1.54) is 18.4 Å². The first-order valence-corrected chi connectivity index (χ1v) is 9.80. The zero-order valence-electron chi connectivity index (χ0n) is 14.3. The van der Waals surface area contributed by atoms with Crippen LogP contribution in [0.4, 0.5) is 0 Å². The molecule has 1 atom stereocenters. The summed E-state index contributed by atoms with van der Waals surface area (Å²) >= 11 is 1.16. The first kappa shape index (κ1) is 20.1. The second-order valence-electron chi connectivity index (χ2n) is 5.92. The van der Waals surface area contributed by atoms with Crippen molar-refractivity contribution in [3.63, 3.8) is 0 Å². The van der Waals surface area contributed by atoms with Crippen molar-refractivity contribution in [3.8, 4) is 0 Å². The van der Waals surface area contributed by atoms with Crippen LogP contribution in [0.2, 0.25) is 0 Å². The summed E-state index contributed by atoms with van der Waals surface area (Å²) < 4.78 is 30.9. The number of carbonyl (C=O) groups excluding carboxylic acids is 1. The molecule has 0 aliphatic rings. The van der Waals surface area contributed by atoms with Gasteiger partial charge in [-0.05, 0) is 31.4 Å². The van der Waals surface area contributed by atoms with Gasteiger partial charge in [-0.3, -0.25) is 4.79 Å². The fraction of sp³-hybridized carbons (Fsp3) is 0.667. The van der Waals surface area contributed by atoms with Crippen molar-refractivity contribution in [1.82, 2.24) is 9.62 Å². The summed E-state index contributed by atoms with van der Waals surface area (Å²) in [5.41, 5.74) is 0. The minimum atomic E-state index is -3.42. The predicted octanol–water partition coefficient (Wildman–Crippen LogP) is 2.07. The summed E-state index contributed by atoms with van der Waals surface area (Å²) in [7, 11) is -0.431. The van der Waals surface area contributed by atoms with Gasteiger partial charge in [0.25, 0.3) is 10.0 Å². The summed E-state index contributed by atoms with van der Waals surface area (Å²) in [6, 6.07) is 3.27. The molecule has 0 radical (unpaired) electrons. The number of ether oxygens (including phenoxy) is 1.